The molecule has 0 aliphatic heterocycles. The number of hydrogen-bond acceptors (Lipinski definition) is 6. The summed E-state index contributed by atoms with van der Waals surface area (Å²) in [5, 5.41) is 12.5. The number of nitrogens with one attached hydrogen (secondary N) is 1. The van der Waals surface area contributed by atoms with E-state index in [4.69, 9.17) is 10.5 Å². The molecule has 0 bridgehead atoms. The fourth-order valence-electron chi connectivity index (χ4n) is 2.32. The fourth-order valence-corrected chi connectivity index (χ4v) is 2.32. The number of nitrogens with two attached hydrogens (primary N) is 1. The van der Waals surface area contributed by atoms with Gasteiger partial charge in [0.05, 0.1) is 6.20 Å². The van der Waals surface area contributed by atoms with Crippen LogP contribution in [0.3, 0.4) is 0 Å². The first-order chi connectivity index (χ1) is 11.2. The van der Waals surface area contributed by atoms with Crippen LogP contribution in [0.4, 0.5) is 11.8 Å². The number of ether oxygens (including phenoxy) is 1. The molecule has 0 aliphatic carbocycles. The molecule has 6 nitrogen and oxygen atoms in total. The number of rotatable bonds is 9. The highest BCUT2D eigenvalue weighted by Crippen LogP contribution is 2.24. The summed E-state index contributed by atoms with van der Waals surface area (Å²) in [7, 11) is 0. The van der Waals surface area contributed by atoms with Gasteiger partial charge in [0.2, 0.25) is 5.95 Å². The Kier molecular flexibility index (Phi) is 6.62. The lowest BCUT2D eigenvalue weighted by atomic mass is 10.1. The minimum atomic E-state index is 0.123. The maximum atomic E-state index is 9.19. The SMILES string of the molecule is CCCC(CCO)Nc1nc(N)ncc1OCc1ccccc1. The maximum Gasteiger partial charge on any atom is 0.222 e. The molecule has 23 heavy (non-hydrogen) atoms. The van der Waals surface area contributed by atoms with Gasteiger partial charge < -0.3 is 20.9 Å². The van der Waals surface area contributed by atoms with E-state index in [1.165, 1.54) is 0 Å². The first-order valence-corrected chi connectivity index (χ1v) is 7.89. The smallest absolute Gasteiger partial charge is 0.222 e. The van der Waals surface area contributed by atoms with Crippen LogP contribution in [0.5, 0.6) is 5.75 Å². The van der Waals surface area contributed by atoms with Crippen molar-refractivity contribution < 1.29 is 9.84 Å². The molecule has 1 heterocycles. The molecule has 0 saturated heterocycles. The van der Waals surface area contributed by atoms with E-state index in [1.807, 2.05) is 30.3 Å². The number of nitrogens with zero attached hydrogens (tertiary/aromatic N) is 2. The van der Waals surface area contributed by atoms with E-state index in [0.717, 1.165) is 18.4 Å². The lowest BCUT2D eigenvalue weighted by molar-refractivity contribution is 0.275. The fraction of sp³-hybridized carbons (Fsp3) is 0.412. The van der Waals surface area contributed by atoms with Gasteiger partial charge in [0.1, 0.15) is 6.61 Å². The molecule has 0 spiro atoms. The summed E-state index contributed by atoms with van der Waals surface area (Å²) in [6, 6.07) is 10.0. The Morgan fingerprint density at radius 2 is 2.04 bits per heavy atom. The van der Waals surface area contributed by atoms with Gasteiger partial charge in [0.15, 0.2) is 11.6 Å². The zero-order valence-corrected chi connectivity index (χ0v) is 13.4. The summed E-state index contributed by atoms with van der Waals surface area (Å²) in [6.07, 6.45) is 4.17. The Balaban J connectivity index is 2.09. The van der Waals surface area contributed by atoms with Crippen molar-refractivity contribution >= 4 is 11.8 Å². The number of anilines is 2. The zero-order valence-electron chi connectivity index (χ0n) is 13.4. The molecule has 6 heteroatoms. The average molecular weight is 316 g/mol. The van der Waals surface area contributed by atoms with E-state index in [9.17, 15) is 5.11 Å². The zero-order chi connectivity index (χ0) is 16.5. The molecule has 0 radical (unpaired) electrons. The van der Waals surface area contributed by atoms with Crippen LogP contribution in [0.2, 0.25) is 0 Å². The molecule has 2 aromatic rings. The van der Waals surface area contributed by atoms with Gasteiger partial charge in [-0.15, -0.1) is 0 Å². The third-order valence-corrected chi connectivity index (χ3v) is 3.47. The average Bonchev–Trinajstić information content (AvgIpc) is 2.55. The highest BCUT2D eigenvalue weighted by atomic mass is 16.5. The number of aliphatic hydroxyl groups is 1. The summed E-state index contributed by atoms with van der Waals surface area (Å²) in [5.74, 6) is 1.32. The minimum absolute atomic E-state index is 0.123. The lowest BCUT2D eigenvalue weighted by Gasteiger charge is -2.19. The van der Waals surface area contributed by atoms with Gasteiger partial charge in [-0.3, -0.25) is 0 Å². The molecule has 0 saturated carbocycles. The van der Waals surface area contributed by atoms with E-state index in [1.54, 1.807) is 6.20 Å². The molecule has 4 N–H and O–H groups in total. The standard InChI is InChI=1S/C17H24N4O2/c1-2-6-14(9-10-22)20-16-15(11-19-17(18)21-16)23-12-13-7-4-3-5-8-13/h3-5,7-8,11,14,22H,2,6,9-10,12H2,1H3,(H3,18,19,20,21). The third kappa shape index (κ3) is 5.41. The Labute approximate surface area is 136 Å². The van der Waals surface area contributed by atoms with Gasteiger partial charge in [0.25, 0.3) is 0 Å². The van der Waals surface area contributed by atoms with Crippen molar-refractivity contribution in [3.05, 3.63) is 42.1 Å². The van der Waals surface area contributed by atoms with Gasteiger partial charge in [-0.25, -0.2) is 4.98 Å². The molecular weight excluding hydrogens is 292 g/mol. The quantitative estimate of drug-likeness (QED) is 0.658. The molecule has 2 rings (SSSR count). The summed E-state index contributed by atoms with van der Waals surface area (Å²) >= 11 is 0. The Bertz CT molecular complexity index is 586. The van der Waals surface area contributed by atoms with Crippen molar-refractivity contribution in [3.8, 4) is 5.75 Å². The molecule has 1 aromatic carbocycles. The van der Waals surface area contributed by atoms with Crippen molar-refractivity contribution in [2.75, 3.05) is 17.7 Å². The number of aliphatic hydroxyl groups excluding tert-OH is 1. The second-order valence-corrected chi connectivity index (χ2v) is 5.36. The second-order valence-electron chi connectivity index (χ2n) is 5.36. The highest BCUT2D eigenvalue weighted by molar-refractivity contribution is 5.51. The maximum absolute atomic E-state index is 9.19. The van der Waals surface area contributed by atoms with Crippen LogP contribution in [0.25, 0.3) is 0 Å². The van der Waals surface area contributed by atoms with E-state index in [2.05, 4.69) is 22.2 Å². The Hall–Kier alpha value is -2.34. The van der Waals surface area contributed by atoms with Gasteiger partial charge in [0, 0.05) is 12.6 Å². The molecule has 0 amide bonds. The number of benzene rings is 1. The summed E-state index contributed by atoms with van der Waals surface area (Å²) in [4.78, 5) is 8.24. The van der Waals surface area contributed by atoms with Gasteiger partial charge in [-0.2, -0.15) is 4.98 Å². The van der Waals surface area contributed by atoms with E-state index in [-0.39, 0.29) is 18.6 Å². The second kappa shape index (κ2) is 8.95. The molecule has 0 aliphatic rings. The molecule has 1 unspecified atom stereocenters. The van der Waals surface area contributed by atoms with Gasteiger partial charge >= 0.3 is 0 Å². The molecule has 1 aromatic heterocycles. The van der Waals surface area contributed by atoms with Gasteiger partial charge in [-0.05, 0) is 18.4 Å². The predicted octanol–water partition coefficient (Wildman–Crippen LogP) is 2.60. The summed E-state index contributed by atoms with van der Waals surface area (Å²) < 4.78 is 5.83. The van der Waals surface area contributed by atoms with Crippen molar-refractivity contribution in [3.63, 3.8) is 0 Å². The van der Waals surface area contributed by atoms with E-state index < -0.39 is 0 Å². The van der Waals surface area contributed by atoms with Crippen LogP contribution in [-0.2, 0) is 6.61 Å². The van der Waals surface area contributed by atoms with Gasteiger partial charge in [-0.1, -0.05) is 43.7 Å². The van der Waals surface area contributed by atoms with Crippen LogP contribution in [0.1, 0.15) is 31.7 Å². The summed E-state index contributed by atoms with van der Waals surface area (Å²) in [6.45, 7) is 2.66. The predicted molar refractivity (Wildman–Crippen MR) is 91.2 cm³/mol. The first kappa shape index (κ1) is 17.0. The normalized spacial score (nSPS) is 11.9. The first-order valence-electron chi connectivity index (χ1n) is 7.89. The third-order valence-electron chi connectivity index (χ3n) is 3.47. The van der Waals surface area contributed by atoms with Crippen molar-refractivity contribution in [1.82, 2.24) is 9.97 Å². The van der Waals surface area contributed by atoms with Crippen LogP contribution in [0, 0.1) is 0 Å². The topological polar surface area (TPSA) is 93.3 Å². The number of nitrogen functional groups attached to an aromatic ring is 1. The largest absolute Gasteiger partial charge is 0.483 e. The lowest BCUT2D eigenvalue weighted by Crippen LogP contribution is -2.22. The molecular formula is C17H24N4O2. The highest BCUT2D eigenvalue weighted by Gasteiger charge is 2.13. The van der Waals surface area contributed by atoms with Crippen LogP contribution >= 0.6 is 0 Å². The van der Waals surface area contributed by atoms with E-state index >= 15 is 0 Å². The minimum Gasteiger partial charge on any atom is -0.483 e. The van der Waals surface area contributed by atoms with Crippen molar-refractivity contribution in [2.45, 2.75) is 38.8 Å². The Morgan fingerprint density at radius 1 is 1.26 bits per heavy atom. The molecule has 124 valence electrons. The molecule has 1 atom stereocenters. The van der Waals surface area contributed by atoms with Crippen LogP contribution in [0.15, 0.2) is 36.5 Å². The number of aromatic nitrogens is 2. The monoisotopic (exact) mass is 316 g/mol. The van der Waals surface area contributed by atoms with Crippen molar-refractivity contribution in [1.29, 1.82) is 0 Å². The number of hydrogen-bond donors (Lipinski definition) is 3. The van der Waals surface area contributed by atoms with Crippen LogP contribution in [-0.4, -0.2) is 27.7 Å². The Morgan fingerprint density at radius 3 is 2.74 bits per heavy atom. The van der Waals surface area contributed by atoms with E-state index in [0.29, 0.717) is 24.6 Å². The summed E-state index contributed by atoms with van der Waals surface area (Å²) in [5.41, 5.74) is 6.76. The molecule has 0 fully saturated rings. The van der Waals surface area contributed by atoms with Crippen LogP contribution < -0.4 is 15.8 Å². The van der Waals surface area contributed by atoms with Crippen molar-refractivity contribution in [2.24, 2.45) is 0 Å².